The summed E-state index contributed by atoms with van der Waals surface area (Å²) in [5.74, 6) is -0.146. The van der Waals surface area contributed by atoms with E-state index in [2.05, 4.69) is 17.3 Å². The molecule has 0 aromatic heterocycles. The summed E-state index contributed by atoms with van der Waals surface area (Å²) in [5, 5.41) is 24.3. The zero-order valence-electron chi connectivity index (χ0n) is 19.7. The van der Waals surface area contributed by atoms with Crippen molar-refractivity contribution in [2.75, 3.05) is 20.7 Å². The van der Waals surface area contributed by atoms with Gasteiger partial charge >= 0.3 is 5.97 Å². The molecule has 34 heavy (non-hydrogen) atoms. The molecule has 1 saturated carbocycles. The van der Waals surface area contributed by atoms with Crippen LogP contribution in [0.1, 0.15) is 36.0 Å². The van der Waals surface area contributed by atoms with Crippen molar-refractivity contribution in [1.82, 2.24) is 10.2 Å². The highest BCUT2D eigenvalue weighted by Gasteiger charge is 2.73. The minimum Gasteiger partial charge on any atom is -0.504 e. The van der Waals surface area contributed by atoms with Gasteiger partial charge in [-0.3, -0.25) is 10.1 Å². The number of methoxy groups -OCH3 is 1. The highest BCUT2D eigenvalue weighted by Crippen LogP contribution is 2.66. The molecule has 2 aromatic rings. The Morgan fingerprint density at radius 2 is 2.06 bits per heavy atom. The van der Waals surface area contributed by atoms with E-state index in [-0.39, 0.29) is 23.9 Å². The Balaban J connectivity index is 1.42. The van der Waals surface area contributed by atoms with E-state index in [0.29, 0.717) is 12.2 Å². The summed E-state index contributed by atoms with van der Waals surface area (Å²) in [6, 6.07) is 12.8. The number of hydrogen-bond acceptors (Lipinski definition) is 6. The minimum absolute atomic E-state index is 0.155. The zero-order valence-corrected chi connectivity index (χ0v) is 19.7. The van der Waals surface area contributed by atoms with Crippen LogP contribution >= 0.6 is 0 Å². The number of phenols is 1. The monoisotopic (exact) mass is 464 g/mol. The second kappa shape index (κ2) is 7.70. The lowest BCUT2D eigenvalue weighted by Gasteiger charge is -2.65. The average molecular weight is 465 g/mol. The van der Waals surface area contributed by atoms with Crippen molar-refractivity contribution in [2.24, 2.45) is 0 Å². The van der Waals surface area contributed by atoms with Gasteiger partial charge in [0, 0.05) is 24.8 Å². The second-order valence-corrected chi connectivity index (χ2v) is 10.4. The highest BCUT2D eigenvalue weighted by atomic mass is 16.5. The fourth-order valence-electron chi connectivity index (χ4n) is 7.64. The van der Waals surface area contributed by atoms with Crippen molar-refractivity contribution in [3.63, 3.8) is 0 Å². The summed E-state index contributed by atoms with van der Waals surface area (Å²) in [6.07, 6.45) is 3.34. The van der Waals surface area contributed by atoms with Gasteiger partial charge in [-0.15, -0.1) is 0 Å². The molecule has 0 amide bonds. The molecule has 1 spiro atoms. The fraction of sp³-hybridized carbons (Fsp3) is 0.519. The maximum absolute atomic E-state index is 12.3. The number of rotatable bonds is 6. The summed E-state index contributed by atoms with van der Waals surface area (Å²) in [6.45, 7) is 0.906. The number of ether oxygens (including phenoxy) is 2. The number of piperidine rings is 1. The third-order valence-corrected chi connectivity index (χ3v) is 9.05. The number of phenolic OH excluding ortho intramolecular Hbond substituents is 1. The fourth-order valence-corrected chi connectivity index (χ4v) is 7.64. The number of carboxylic acids is 1. The van der Waals surface area contributed by atoms with Crippen molar-refractivity contribution < 1.29 is 24.5 Å². The van der Waals surface area contributed by atoms with Gasteiger partial charge in [0.1, 0.15) is 12.1 Å². The maximum atomic E-state index is 12.3. The molecule has 4 aliphatic rings. The number of hydrogen-bond donors (Lipinski definition) is 3. The lowest BCUT2D eigenvalue weighted by atomic mass is 9.48. The van der Waals surface area contributed by atoms with Crippen LogP contribution in [0.5, 0.6) is 11.5 Å². The van der Waals surface area contributed by atoms with Gasteiger partial charge in [-0.2, -0.15) is 0 Å². The van der Waals surface area contributed by atoms with E-state index in [0.717, 1.165) is 43.4 Å². The topological polar surface area (TPSA) is 91.3 Å². The third-order valence-electron chi connectivity index (χ3n) is 9.05. The molecular formula is C27H32N2O5. The summed E-state index contributed by atoms with van der Waals surface area (Å²) in [7, 11) is 3.97. The number of carboxylic acid groups (broad SMARTS) is 1. The normalized spacial score (nSPS) is 34.2. The molecule has 2 aromatic carbocycles. The molecule has 2 aliphatic heterocycles. The number of carbonyl (C=O) groups is 1. The first-order valence-corrected chi connectivity index (χ1v) is 12.2. The lowest BCUT2D eigenvalue weighted by molar-refractivity contribution is -0.204. The molecule has 180 valence electrons. The van der Waals surface area contributed by atoms with Crippen molar-refractivity contribution in [1.29, 1.82) is 0 Å². The molecule has 2 bridgehead atoms. The standard InChI is InChI=1S/C27H32N2O5/c1-29-13-12-26-22-17-8-9-20(30)23(22)34-24(26)18(10-11-27(26,33-2)21(29)15-17)28-19(25(31)32)14-16-6-4-3-5-7-16/h3-9,18-19,21,24,28,30H,10-15H2,1-2H3,(H,31,32)/t18-,19-,21?,24+,26+,27?/m1/s1. The van der Waals surface area contributed by atoms with Gasteiger partial charge in [-0.25, -0.2) is 0 Å². The molecule has 2 heterocycles. The van der Waals surface area contributed by atoms with Gasteiger partial charge in [0.2, 0.25) is 0 Å². The predicted octanol–water partition coefficient (Wildman–Crippen LogP) is 2.48. The van der Waals surface area contributed by atoms with Gasteiger partial charge < -0.3 is 24.6 Å². The average Bonchev–Trinajstić information content (AvgIpc) is 3.20. The summed E-state index contributed by atoms with van der Waals surface area (Å²) in [4.78, 5) is 14.7. The molecule has 1 saturated heterocycles. The number of likely N-dealkylation sites (N-methyl/N-ethyl adjacent to an activating group) is 1. The minimum atomic E-state index is -0.867. The largest absolute Gasteiger partial charge is 0.504 e. The van der Waals surface area contributed by atoms with E-state index >= 15 is 0 Å². The molecule has 2 unspecified atom stereocenters. The van der Waals surface area contributed by atoms with Crippen molar-refractivity contribution in [2.45, 2.75) is 67.3 Å². The summed E-state index contributed by atoms with van der Waals surface area (Å²) < 4.78 is 13.1. The Labute approximate surface area is 199 Å². The molecular weight excluding hydrogens is 432 g/mol. The third kappa shape index (κ3) is 2.78. The number of nitrogens with one attached hydrogen (secondary N) is 1. The smallest absolute Gasteiger partial charge is 0.321 e. The van der Waals surface area contributed by atoms with Crippen molar-refractivity contribution in [3.05, 3.63) is 59.2 Å². The van der Waals surface area contributed by atoms with E-state index in [9.17, 15) is 15.0 Å². The molecule has 7 nitrogen and oxygen atoms in total. The first kappa shape index (κ1) is 21.9. The van der Waals surface area contributed by atoms with Crippen LogP contribution in [0.2, 0.25) is 0 Å². The van der Waals surface area contributed by atoms with Crippen LogP contribution in [0.15, 0.2) is 42.5 Å². The lowest BCUT2D eigenvalue weighted by Crippen LogP contribution is -2.78. The SMILES string of the molecule is COC12CC[C@@H](N[C@H](Cc3ccccc3)C(=O)O)[C@@H]3Oc4c(O)ccc5c4[C@@]31CCN(C)C2C5. The quantitative estimate of drug-likeness (QED) is 0.605. The van der Waals surface area contributed by atoms with Gasteiger partial charge in [0.05, 0.1) is 11.0 Å². The number of benzene rings is 2. The van der Waals surface area contributed by atoms with Gasteiger partial charge in [0.15, 0.2) is 11.5 Å². The second-order valence-electron chi connectivity index (χ2n) is 10.4. The summed E-state index contributed by atoms with van der Waals surface area (Å²) >= 11 is 0. The van der Waals surface area contributed by atoms with Crippen molar-refractivity contribution >= 4 is 5.97 Å². The zero-order chi connectivity index (χ0) is 23.7. The Hall–Kier alpha value is -2.61. The Bertz CT molecular complexity index is 1120. The van der Waals surface area contributed by atoms with E-state index < -0.39 is 23.0 Å². The molecule has 6 atom stereocenters. The first-order valence-electron chi connectivity index (χ1n) is 12.2. The molecule has 2 aliphatic carbocycles. The summed E-state index contributed by atoms with van der Waals surface area (Å²) in [5.41, 5.74) is 2.42. The molecule has 2 fully saturated rings. The molecule has 7 heteroatoms. The van der Waals surface area contributed by atoms with Crippen LogP contribution in [-0.4, -0.2) is 71.6 Å². The predicted molar refractivity (Wildman–Crippen MR) is 126 cm³/mol. The van der Waals surface area contributed by atoms with Crippen LogP contribution < -0.4 is 10.1 Å². The number of nitrogens with zero attached hydrogens (tertiary/aromatic N) is 1. The molecule has 0 radical (unpaired) electrons. The van der Waals surface area contributed by atoms with Crippen LogP contribution in [0, 0.1) is 0 Å². The van der Waals surface area contributed by atoms with Crippen LogP contribution in [0.4, 0.5) is 0 Å². The Morgan fingerprint density at radius 3 is 2.79 bits per heavy atom. The number of aliphatic carboxylic acids is 1. The van der Waals surface area contributed by atoms with Crippen LogP contribution in [0.3, 0.4) is 0 Å². The molecule has 3 N–H and O–H groups in total. The van der Waals surface area contributed by atoms with Crippen molar-refractivity contribution in [3.8, 4) is 11.5 Å². The van der Waals surface area contributed by atoms with Gasteiger partial charge in [-0.1, -0.05) is 36.4 Å². The first-order chi connectivity index (χ1) is 16.4. The van der Waals surface area contributed by atoms with Crippen LogP contribution in [-0.2, 0) is 27.8 Å². The number of aromatic hydroxyl groups is 1. The van der Waals surface area contributed by atoms with Gasteiger partial charge in [0.25, 0.3) is 0 Å². The highest BCUT2D eigenvalue weighted by molar-refractivity contribution is 5.74. The van der Waals surface area contributed by atoms with E-state index in [1.807, 2.05) is 36.4 Å². The Morgan fingerprint density at radius 1 is 1.26 bits per heavy atom. The van der Waals surface area contributed by atoms with Gasteiger partial charge in [-0.05, 0) is 62.9 Å². The van der Waals surface area contributed by atoms with E-state index in [4.69, 9.17) is 9.47 Å². The van der Waals surface area contributed by atoms with Crippen LogP contribution in [0.25, 0.3) is 0 Å². The number of likely N-dealkylation sites (tertiary alicyclic amines) is 1. The van der Waals surface area contributed by atoms with E-state index in [1.54, 1.807) is 13.2 Å². The molecule has 6 rings (SSSR count). The Kier molecular flexibility index (Phi) is 4.96. The maximum Gasteiger partial charge on any atom is 0.321 e. The van der Waals surface area contributed by atoms with E-state index in [1.165, 1.54) is 5.56 Å².